The van der Waals surface area contributed by atoms with Crippen molar-refractivity contribution < 1.29 is 4.74 Å². The number of nitrogens with zero attached hydrogens (tertiary/aromatic N) is 1. The molecule has 0 aliphatic carbocycles. The molecule has 2 rings (SSSR count). The van der Waals surface area contributed by atoms with Crippen LogP contribution in [0.3, 0.4) is 0 Å². The van der Waals surface area contributed by atoms with E-state index in [0.29, 0.717) is 0 Å². The van der Waals surface area contributed by atoms with Crippen LogP contribution in [-0.4, -0.2) is 16.3 Å². The predicted octanol–water partition coefficient (Wildman–Crippen LogP) is 3.37. The third kappa shape index (κ3) is 3.03. The average Bonchev–Trinajstić information content (AvgIpc) is 2.84. The van der Waals surface area contributed by atoms with Gasteiger partial charge in [0.25, 0.3) is 0 Å². The Morgan fingerprint density at radius 3 is 2.61 bits per heavy atom. The van der Waals surface area contributed by atoms with Gasteiger partial charge in [-0.1, -0.05) is 12.1 Å². The van der Waals surface area contributed by atoms with Crippen LogP contribution in [0.1, 0.15) is 32.5 Å². The fourth-order valence-corrected chi connectivity index (χ4v) is 1.76. The number of anilines is 1. The Morgan fingerprint density at radius 2 is 1.94 bits per heavy atom. The topological polar surface area (TPSA) is 49.9 Å². The molecule has 0 aliphatic rings. The van der Waals surface area contributed by atoms with Crippen LogP contribution in [0.5, 0.6) is 5.75 Å². The van der Waals surface area contributed by atoms with Gasteiger partial charge in [-0.15, -0.1) is 0 Å². The highest BCUT2D eigenvalue weighted by atomic mass is 16.5. The van der Waals surface area contributed by atoms with Crippen molar-refractivity contribution in [2.45, 2.75) is 32.9 Å². The predicted molar refractivity (Wildman–Crippen MR) is 72.8 cm³/mol. The lowest BCUT2D eigenvalue weighted by atomic mass is 10.2. The Hall–Kier alpha value is -1.97. The maximum absolute atomic E-state index is 5.78. The number of aromatic amines is 1. The lowest BCUT2D eigenvalue weighted by molar-refractivity contribution is 0.243. The molecule has 0 aliphatic heterocycles. The number of H-pyrrole nitrogens is 1. The van der Waals surface area contributed by atoms with Crippen LogP contribution in [0.2, 0.25) is 0 Å². The van der Waals surface area contributed by atoms with Crippen LogP contribution in [0.4, 0.5) is 5.69 Å². The van der Waals surface area contributed by atoms with Crippen LogP contribution >= 0.6 is 0 Å². The first kappa shape index (κ1) is 12.5. The molecule has 1 heterocycles. The van der Waals surface area contributed by atoms with E-state index in [0.717, 1.165) is 17.1 Å². The zero-order valence-electron chi connectivity index (χ0n) is 11.0. The molecule has 1 atom stereocenters. The molecule has 0 spiro atoms. The lowest BCUT2D eigenvalue weighted by Gasteiger charge is -2.18. The van der Waals surface area contributed by atoms with Crippen molar-refractivity contribution in [3.63, 3.8) is 0 Å². The largest absolute Gasteiger partial charge is 0.489 e. The molecule has 0 radical (unpaired) electrons. The van der Waals surface area contributed by atoms with Gasteiger partial charge >= 0.3 is 0 Å². The summed E-state index contributed by atoms with van der Waals surface area (Å²) in [4.78, 5) is 0. The minimum atomic E-state index is 0.157. The SMILES string of the molecule is CC(C)Oc1ccccc1NC(C)c1ccn[nH]1. The van der Waals surface area contributed by atoms with E-state index in [1.165, 1.54) is 0 Å². The summed E-state index contributed by atoms with van der Waals surface area (Å²) < 4.78 is 5.78. The third-order valence-electron chi connectivity index (χ3n) is 2.61. The van der Waals surface area contributed by atoms with Gasteiger partial charge in [0.1, 0.15) is 5.75 Å². The molecular formula is C14H19N3O. The molecular weight excluding hydrogens is 226 g/mol. The van der Waals surface area contributed by atoms with Crippen LogP contribution in [0.25, 0.3) is 0 Å². The smallest absolute Gasteiger partial charge is 0.142 e. The Balaban J connectivity index is 2.13. The summed E-state index contributed by atoms with van der Waals surface area (Å²) in [6.45, 7) is 6.13. The number of nitrogens with one attached hydrogen (secondary N) is 2. The standard InChI is InChI=1S/C14H19N3O/c1-10(2)18-14-7-5-4-6-13(14)16-11(3)12-8-9-15-17-12/h4-11,16H,1-3H3,(H,15,17). The minimum Gasteiger partial charge on any atom is -0.489 e. The average molecular weight is 245 g/mol. The molecule has 0 amide bonds. The second kappa shape index (κ2) is 5.58. The van der Waals surface area contributed by atoms with Gasteiger partial charge < -0.3 is 10.1 Å². The second-order valence-electron chi connectivity index (χ2n) is 4.54. The van der Waals surface area contributed by atoms with Crippen molar-refractivity contribution in [2.75, 3.05) is 5.32 Å². The summed E-state index contributed by atoms with van der Waals surface area (Å²) in [6, 6.07) is 10.1. The fourth-order valence-electron chi connectivity index (χ4n) is 1.76. The highest BCUT2D eigenvalue weighted by Gasteiger charge is 2.10. The number of hydrogen-bond donors (Lipinski definition) is 2. The van der Waals surface area contributed by atoms with Crippen LogP contribution in [0.15, 0.2) is 36.5 Å². The molecule has 18 heavy (non-hydrogen) atoms. The molecule has 96 valence electrons. The number of hydrogen-bond acceptors (Lipinski definition) is 3. The summed E-state index contributed by atoms with van der Waals surface area (Å²) in [6.07, 6.45) is 1.92. The summed E-state index contributed by atoms with van der Waals surface area (Å²) in [7, 11) is 0. The van der Waals surface area contributed by atoms with Gasteiger partial charge in [-0.05, 0) is 39.0 Å². The van der Waals surface area contributed by atoms with Gasteiger partial charge in [0.15, 0.2) is 0 Å². The van der Waals surface area contributed by atoms with E-state index in [1.54, 1.807) is 6.20 Å². The molecule has 0 bridgehead atoms. The van der Waals surface area contributed by atoms with E-state index in [-0.39, 0.29) is 12.1 Å². The summed E-state index contributed by atoms with van der Waals surface area (Å²) in [5.41, 5.74) is 2.04. The highest BCUT2D eigenvalue weighted by Crippen LogP contribution is 2.28. The number of ether oxygens (including phenoxy) is 1. The number of para-hydroxylation sites is 2. The zero-order valence-corrected chi connectivity index (χ0v) is 11.0. The van der Waals surface area contributed by atoms with Gasteiger partial charge in [0, 0.05) is 6.20 Å². The van der Waals surface area contributed by atoms with E-state index in [4.69, 9.17) is 4.74 Å². The van der Waals surface area contributed by atoms with E-state index in [2.05, 4.69) is 22.4 Å². The Kier molecular flexibility index (Phi) is 3.87. The number of aromatic nitrogens is 2. The van der Waals surface area contributed by atoms with Crippen molar-refractivity contribution in [1.29, 1.82) is 0 Å². The molecule has 0 saturated carbocycles. The first-order valence-corrected chi connectivity index (χ1v) is 6.18. The normalized spacial score (nSPS) is 12.4. The van der Waals surface area contributed by atoms with Crippen molar-refractivity contribution in [3.05, 3.63) is 42.2 Å². The van der Waals surface area contributed by atoms with Crippen LogP contribution in [-0.2, 0) is 0 Å². The third-order valence-corrected chi connectivity index (χ3v) is 2.61. The fraction of sp³-hybridized carbons (Fsp3) is 0.357. The molecule has 0 fully saturated rings. The van der Waals surface area contributed by atoms with E-state index in [1.807, 2.05) is 44.2 Å². The van der Waals surface area contributed by atoms with Gasteiger partial charge in [-0.3, -0.25) is 5.10 Å². The van der Waals surface area contributed by atoms with Gasteiger partial charge in [-0.2, -0.15) is 5.10 Å². The minimum absolute atomic E-state index is 0.157. The van der Waals surface area contributed by atoms with E-state index < -0.39 is 0 Å². The maximum Gasteiger partial charge on any atom is 0.142 e. The Morgan fingerprint density at radius 1 is 1.17 bits per heavy atom. The number of benzene rings is 1. The first-order chi connectivity index (χ1) is 8.66. The van der Waals surface area contributed by atoms with Crippen molar-refractivity contribution >= 4 is 5.69 Å². The second-order valence-corrected chi connectivity index (χ2v) is 4.54. The van der Waals surface area contributed by atoms with Crippen molar-refractivity contribution in [2.24, 2.45) is 0 Å². The summed E-state index contributed by atoms with van der Waals surface area (Å²) >= 11 is 0. The zero-order chi connectivity index (χ0) is 13.0. The van der Waals surface area contributed by atoms with Crippen molar-refractivity contribution in [1.82, 2.24) is 10.2 Å². The molecule has 2 aromatic rings. The lowest BCUT2D eigenvalue weighted by Crippen LogP contribution is -2.11. The molecule has 4 heteroatoms. The maximum atomic E-state index is 5.78. The Labute approximate surface area is 107 Å². The molecule has 1 unspecified atom stereocenters. The number of rotatable bonds is 5. The van der Waals surface area contributed by atoms with Gasteiger partial charge in [0.2, 0.25) is 0 Å². The molecule has 0 saturated heterocycles. The molecule has 1 aromatic carbocycles. The summed E-state index contributed by atoms with van der Waals surface area (Å²) in [5.74, 6) is 0.874. The Bertz CT molecular complexity index is 480. The van der Waals surface area contributed by atoms with Gasteiger partial charge in [0.05, 0.1) is 23.5 Å². The first-order valence-electron chi connectivity index (χ1n) is 6.18. The quantitative estimate of drug-likeness (QED) is 0.849. The van der Waals surface area contributed by atoms with E-state index >= 15 is 0 Å². The molecule has 2 N–H and O–H groups in total. The van der Waals surface area contributed by atoms with Gasteiger partial charge in [-0.25, -0.2) is 0 Å². The van der Waals surface area contributed by atoms with Crippen LogP contribution < -0.4 is 10.1 Å². The van der Waals surface area contributed by atoms with Crippen molar-refractivity contribution in [3.8, 4) is 5.75 Å². The highest BCUT2D eigenvalue weighted by molar-refractivity contribution is 5.57. The molecule has 1 aromatic heterocycles. The van der Waals surface area contributed by atoms with Crippen LogP contribution in [0, 0.1) is 0 Å². The van der Waals surface area contributed by atoms with E-state index in [9.17, 15) is 0 Å². The molecule has 4 nitrogen and oxygen atoms in total. The summed E-state index contributed by atoms with van der Waals surface area (Å²) in [5, 5.41) is 10.3. The monoisotopic (exact) mass is 245 g/mol.